The van der Waals surface area contributed by atoms with E-state index in [1.807, 2.05) is 25.6 Å². The second-order valence-electron chi connectivity index (χ2n) is 6.70. The molecule has 0 atom stereocenters. The molecule has 1 amide bonds. The van der Waals surface area contributed by atoms with E-state index in [1.165, 1.54) is 0 Å². The molecular weight excluding hydrogens is 294 g/mol. The van der Waals surface area contributed by atoms with Crippen LogP contribution in [0, 0.1) is 19.3 Å². The molecule has 0 bridgehead atoms. The largest absolute Gasteiger partial charge is 0.481 e. The monoisotopic (exact) mass is 321 g/mol. The Balaban J connectivity index is 1.88. The highest BCUT2D eigenvalue weighted by Crippen LogP contribution is 2.36. The molecule has 0 aromatic carbocycles. The molecule has 23 heavy (non-hydrogen) atoms. The number of carbonyl (C=O) groups excluding carboxylic acids is 1. The number of amides is 1. The van der Waals surface area contributed by atoms with Gasteiger partial charge in [-0.25, -0.2) is 0 Å². The van der Waals surface area contributed by atoms with Gasteiger partial charge in [-0.05, 0) is 38.7 Å². The van der Waals surface area contributed by atoms with Gasteiger partial charge in [0, 0.05) is 25.7 Å². The van der Waals surface area contributed by atoms with Crippen molar-refractivity contribution in [3.05, 3.63) is 17.0 Å². The molecule has 1 aromatic heterocycles. The van der Waals surface area contributed by atoms with E-state index in [0.29, 0.717) is 25.7 Å². The molecule has 1 heterocycles. The number of carboxylic acid groups (broad SMARTS) is 1. The van der Waals surface area contributed by atoms with E-state index in [1.54, 1.807) is 0 Å². The predicted molar refractivity (Wildman–Crippen MR) is 87.2 cm³/mol. The van der Waals surface area contributed by atoms with Crippen LogP contribution in [0.4, 0.5) is 0 Å². The van der Waals surface area contributed by atoms with Gasteiger partial charge in [0.05, 0.1) is 11.1 Å². The van der Waals surface area contributed by atoms with E-state index >= 15 is 0 Å². The molecule has 0 aliphatic heterocycles. The standard InChI is InChI=1S/C17H27N3O3/c1-12-14(13(2)20(3)19-12)7-8-15(21)18-11-17(16(22)23)9-5-4-6-10-17/h4-11H2,1-3H3,(H,18,21)(H,22,23). The van der Waals surface area contributed by atoms with Gasteiger partial charge in [-0.2, -0.15) is 5.10 Å². The first-order chi connectivity index (χ1) is 10.9. The van der Waals surface area contributed by atoms with Gasteiger partial charge < -0.3 is 10.4 Å². The number of nitrogens with one attached hydrogen (secondary N) is 1. The molecule has 128 valence electrons. The molecule has 2 N–H and O–H groups in total. The van der Waals surface area contributed by atoms with E-state index in [2.05, 4.69) is 10.4 Å². The van der Waals surface area contributed by atoms with Crippen molar-refractivity contribution in [2.24, 2.45) is 12.5 Å². The van der Waals surface area contributed by atoms with Gasteiger partial charge in [0.2, 0.25) is 5.91 Å². The molecule has 1 aliphatic carbocycles. The second-order valence-corrected chi connectivity index (χ2v) is 6.70. The van der Waals surface area contributed by atoms with Crippen LogP contribution in [0.3, 0.4) is 0 Å². The zero-order chi connectivity index (χ0) is 17.0. The van der Waals surface area contributed by atoms with Crippen molar-refractivity contribution in [3.8, 4) is 0 Å². The van der Waals surface area contributed by atoms with Crippen molar-refractivity contribution in [2.75, 3.05) is 6.54 Å². The summed E-state index contributed by atoms with van der Waals surface area (Å²) in [5.74, 6) is -0.865. The summed E-state index contributed by atoms with van der Waals surface area (Å²) in [7, 11) is 1.89. The van der Waals surface area contributed by atoms with Gasteiger partial charge in [0.15, 0.2) is 0 Å². The number of carbonyl (C=O) groups is 2. The number of hydrogen-bond acceptors (Lipinski definition) is 3. The maximum absolute atomic E-state index is 12.1. The van der Waals surface area contributed by atoms with Crippen LogP contribution in [0.2, 0.25) is 0 Å². The number of nitrogens with zero attached hydrogens (tertiary/aromatic N) is 2. The number of hydrogen-bond donors (Lipinski definition) is 2. The Hall–Kier alpha value is -1.85. The van der Waals surface area contributed by atoms with Crippen LogP contribution in [0.5, 0.6) is 0 Å². The number of carboxylic acids is 1. The summed E-state index contributed by atoms with van der Waals surface area (Å²) in [6.45, 7) is 4.18. The third-order valence-electron chi connectivity index (χ3n) is 5.15. The fourth-order valence-electron chi connectivity index (χ4n) is 3.47. The first-order valence-electron chi connectivity index (χ1n) is 8.35. The molecule has 6 heteroatoms. The highest BCUT2D eigenvalue weighted by Gasteiger charge is 2.39. The third kappa shape index (κ3) is 3.92. The van der Waals surface area contributed by atoms with Crippen LogP contribution in [0.25, 0.3) is 0 Å². The van der Waals surface area contributed by atoms with Crippen molar-refractivity contribution < 1.29 is 14.7 Å². The minimum Gasteiger partial charge on any atom is -0.481 e. The van der Waals surface area contributed by atoms with Crippen LogP contribution in [-0.4, -0.2) is 33.3 Å². The molecule has 1 fully saturated rings. The normalized spacial score (nSPS) is 17.0. The molecule has 0 radical (unpaired) electrons. The lowest BCUT2D eigenvalue weighted by Gasteiger charge is -2.33. The second kappa shape index (κ2) is 7.15. The number of aromatic nitrogens is 2. The lowest BCUT2D eigenvalue weighted by atomic mass is 9.74. The van der Waals surface area contributed by atoms with Crippen LogP contribution in [0.1, 0.15) is 55.5 Å². The summed E-state index contributed by atoms with van der Waals surface area (Å²) in [5.41, 5.74) is 2.36. The Kier molecular flexibility index (Phi) is 5.44. The van der Waals surface area contributed by atoms with E-state index in [4.69, 9.17) is 0 Å². The number of rotatable bonds is 6. The van der Waals surface area contributed by atoms with E-state index < -0.39 is 11.4 Å². The summed E-state index contributed by atoms with van der Waals surface area (Å²) in [4.78, 5) is 23.7. The molecule has 0 saturated heterocycles. The minimum absolute atomic E-state index is 0.0844. The molecule has 2 rings (SSSR count). The Morgan fingerprint density at radius 2 is 1.91 bits per heavy atom. The average Bonchev–Trinajstić information content (AvgIpc) is 2.77. The van der Waals surface area contributed by atoms with Crippen molar-refractivity contribution in [1.82, 2.24) is 15.1 Å². The molecule has 0 unspecified atom stereocenters. The van der Waals surface area contributed by atoms with Crippen LogP contribution >= 0.6 is 0 Å². The number of aliphatic carboxylic acids is 1. The Morgan fingerprint density at radius 1 is 1.26 bits per heavy atom. The lowest BCUT2D eigenvalue weighted by molar-refractivity contribution is -0.151. The first kappa shape index (κ1) is 17.5. The molecule has 1 saturated carbocycles. The summed E-state index contributed by atoms with van der Waals surface area (Å²) in [6.07, 6.45) is 5.25. The highest BCUT2D eigenvalue weighted by molar-refractivity contribution is 5.79. The fourth-order valence-corrected chi connectivity index (χ4v) is 3.47. The smallest absolute Gasteiger partial charge is 0.311 e. The van der Waals surface area contributed by atoms with Gasteiger partial charge in [-0.1, -0.05) is 19.3 Å². The summed E-state index contributed by atoms with van der Waals surface area (Å²) < 4.78 is 1.82. The highest BCUT2D eigenvalue weighted by atomic mass is 16.4. The number of aryl methyl sites for hydroxylation is 2. The van der Waals surface area contributed by atoms with Crippen LogP contribution < -0.4 is 5.32 Å². The van der Waals surface area contributed by atoms with Gasteiger partial charge >= 0.3 is 5.97 Å². The summed E-state index contributed by atoms with van der Waals surface area (Å²) in [6, 6.07) is 0. The van der Waals surface area contributed by atoms with Gasteiger partial charge in [0.1, 0.15) is 0 Å². The lowest BCUT2D eigenvalue weighted by Crippen LogP contribution is -2.44. The predicted octanol–water partition coefficient (Wildman–Crippen LogP) is 2.12. The molecule has 1 aliphatic rings. The van der Waals surface area contributed by atoms with E-state index in [-0.39, 0.29) is 12.5 Å². The van der Waals surface area contributed by atoms with Crippen molar-refractivity contribution in [3.63, 3.8) is 0 Å². The van der Waals surface area contributed by atoms with E-state index in [0.717, 1.165) is 36.2 Å². The van der Waals surface area contributed by atoms with Gasteiger partial charge in [-0.3, -0.25) is 14.3 Å². The Morgan fingerprint density at radius 3 is 2.43 bits per heavy atom. The topological polar surface area (TPSA) is 84.2 Å². The quantitative estimate of drug-likeness (QED) is 0.840. The summed E-state index contributed by atoms with van der Waals surface area (Å²) in [5, 5.41) is 16.7. The fraction of sp³-hybridized carbons (Fsp3) is 0.706. The first-order valence-corrected chi connectivity index (χ1v) is 8.35. The minimum atomic E-state index is -0.781. The van der Waals surface area contributed by atoms with Gasteiger partial charge in [0.25, 0.3) is 0 Å². The third-order valence-corrected chi connectivity index (χ3v) is 5.15. The zero-order valence-electron chi connectivity index (χ0n) is 14.3. The molecular formula is C17H27N3O3. The van der Waals surface area contributed by atoms with E-state index in [9.17, 15) is 14.7 Å². The average molecular weight is 321 g/mol. The Bertz CT molecular complexity index is 586. The van der Waals surface area contributed by atoms with Crippen LogP contribution in [-0.2, 0) is 23.1 Å². The molecule has 6 nitrogen and oxygen atoms in total. The SMILES string of the molecule is Cc1nn(C)c(C)c1CCC(=O)NCC1(C(=O)O)CCCCC1. The van der Waals surface area contributed by atoms with Crippen molar-refractivity contribution in [1.29, 1.82) is 0 Å². The Labute approximate surface area is 137 Å². The zero-order valence-corrected chi connectivity index (χ0v) is 14.3. The van der Waals surface area contributed by atoms with Crippen molar-refractivity contribution in [2.45, 2.75) is 58.8 Å². The maximum atomic E-state index is 12.1. The molecule has 1 aromatic rings. The molecule has 0 spiro atoms. The maximum Gasteiger partial charge on any atom is 0.311 e. The van der Waals surface area contributed by atoms with Crippen molar-refractivity contribution >= 4 is 11.9 Å². The van der Waals surface area contributed by atoms with Crippen LogP contribution in [0.15, 0.2) is 0 Å². The van der Waals surface area contributed by atoms with Gasteiger partial charge in [-0.15, -0.1) is 0 Å². The summed E-state index contributed by atoms with van der Waals surface area (Å²) >= 11 is 0.